The summed E-state index contributed by atoms with van der Waals surface area (Å²) in [5, 5.41) is 7.57. The van der Waals surface area contributed by atoms with Crippen molar-refractivity contribution in [3.8, 4) is 5.69 Å². The Hall–Kier alpha value is -1.89. The molecule has 3 N–H and O–H groups in total. The van der Waals surface area contributed by atoms with Gasteiger partial charge in [-0.3, -0.25) is 4.79 Å². The van der Waals surface area contributed by atoms with Crippen molar-refractivity contribution < 1.29 is 9.53 Å². The molecule has 7 heteroatoms. The molecule has 0 saturated carbocycles. The molecule has 1 aromatic heterocycles. The Bertz CT molecular complexity index is 717. The number of hydrogen-bond acceptors (Lipinski definition) is 4. The zero-order chi connectivity index (χ0) is 17.1. The molecule has 2 heterocycles. The maximum Gasteiger partial charge on any atom is 0.249 e. The molecule has 0 bridgehead atoms. The van der Waals surface area contributed by atoms with Crippen molar-refractivity contribution in [2.24, 2.45) is 5.73 Å². The minimum atomic E-state index is -0.386. The lowest BCUT2D eigenvalue weighted by atomic mass is 10.1. The van der Waals surface area contributed by atoms with Crippen molar-refractivity contribution in [2.75, 3.05) is 6.54 Å². The highest BCUT2D eigenvalue weighted by atomic mass is 35.5. The summed E-state index contributed by atoms with van der Waals surface area (Å²) in [4.78, 5) is 12.3. The third-order valence-electron chi connectivity index (χ3n) is 4.54. The summed E-state index contributed by atoms with van der Waals surface area (Å²) in [6.45, 7) is 4.90. The lowest BCUT2D eigenvalue weighted by molar-refractivity contribution is -0.132. The number of nitrogens with zero attached hydrogens (tertiary/aromatic N) is 2. The van der Waals surface area contributed by atoms with E-state index < -0.39 is 0 Å². The molecular weight excluding hydrogens is 340 g/mol. The van der Waals surface area contributed by atoms with Crippen molar-refractivity contribution in [2.45, 2.75) is 45.4 Å². The van der Waals surface area contributed by atoms with Crippen LogP contribution in [0.25, 0.3) is 5.69 Å². The van der Waals surface area contributed by atoms with Gasteiger partial charge >= 0.3 is 0 Å². The van der Waals surface area contributed by atoms with E-state index in [1.807, 2.05) is 48.9 Å². The van der Waals surface area contributed by atoms with Crippen LogP contribution in [-0.4, -0.2) is 34.4 Å². The quantitative estimate of drug-likeness (QED) is 0.850. The maximum absolute atomic E-state index is 12.3. The van der Waals surface area contributed by atoms with Crippen molar-refractivity contribution >= 4 is 18.3 Å². The number of nitrogens with two attached hydrogens (primary N) is 1. The Morgan fingerprint density at radius 1 is 1.32 bits per heavy atom. The molecule has 0 unspecified atom stereocenters. The third-order valence-corrected chi connectivity index (χ3v) is 4.54. The van der Waals surface area contributed by atoms with Gasteiger partial charge < -0.3 is 15.8 Å². The molecular formula is C18H25ClN4O2. The van der Waals surface area contributed by atoms with Crippen LogP contribution in [0, 0.1) is 13.8 Å². The number of nitrogens with one attached hydrogen (secondary N) is 1. The van der Waals surface area contributed by atoms with Crippen LogP contribution in [0.15, 0.2) is 30.3 Å². The van der Waals surface area contributed by atoms with Crippen molar-refractivity contribution in [1.29, 1.82) is 0 Å². The molecule has 136 valence electrons. The molecule has 0 radical (unpaired) electrons. The molecule has 1 saturated heterocycles. The average molecular weight is 365 g/mol. The summed E-state index contributed by atoms with van der Waals surface area (Å²) in [5.41, 5.74) is 9.60. The monoisotopic (exact) mass is 364 g/mol. The van der Waals surface area contributed by atoms with Gasteiger partial charge in [0.05, 0.1) is 17.5 Å². The summed E-state index contributed by atoms with van der Waals surface area (Å²) in [7, 11) is 0. The number of rotatable bonds is 5. The fourth-order valence-electron chi connectivity index (χ4n) is 3.11. The number of para-hydroxylation sites is 1. The Labute approximate surface area is 154 Å². The van der Waals surface area contributed by atoms with Crippen LogP contribution in [0.3, 0.4) is 0 Å². The summed E-state index contributed by atoms with van der Waals surface area (Å²) >= 11 is 0. The molecule has 1 aliphatic heterocycles. The summed E-state index contributed by atoms with van der Waals surface area (Å²) in [5.74, 6) is -0.0720. The van der Waals surface area contributed by atoms with E-state index in [0.717, 1.165) is 35.5 Å². The number of carbonyl (C=O) groups excluding carboxylic acids is 1. The van der Waals surface area contributed by atoms with Gasteiger partial charge in [-0.15, -0.1) is 12.4 Å². The van der Waals surface area contributed by atoms with Gasteiger partial charge in [-0.2, -0.15) is 5.10 Å². The van der Waals surface area contributed by atoms with E-state index in [1.54, 1.807) is 0 Å². The van der Waals surface area contributed by atoms with Gasteiger partial charge in [-0.05, 0) is 38.8 Å². The molecule has 2 atom stereocenters. The standard InChI is InChI=1S/C18H24N4O2.ClH/c1-12-16(11-20-18(23)17-9-8-15(10-19)24-17)13(2)22(21-12)14-6-4-3-5-7-14;/h3-7,15,17H,8-11,19H2,1-2H3,(H,20,23);1H/t15-,17+;/m1./s1. The second kappa shape index (κ2) is 8.47. The van der Waals surface area contributed by atoms with E-state index in [0.29, 0.717) is 13.1 Å². The van der Waals surface area contributed by atoms with Crippen molar-refractivity contribution in [3.05, 3.63) is 47.3 Å². The van der Waals surface area contributed by atoms with Gasteiger partial charge in [-0.1, -0.05) is 18.2 Å². The first-order chi connectivity index (χ1) is 11.6. The van der Waals surface area contributed by atoms with Crippen LogP contribution < -0.4 is 11.1 Å². The summed E-state index contributed by atoms with van der Waals surface area (Å²) in [6, 6.07) is 9.98. The molecule has 0 spiro atoms. The average Bonchev–Trinajstić information content (AvgIpc) is 3.19. The van der Waals surface area contributed by atoms with Crippen LogP contribution in [0.4, 0.5) is 0 Å². The zero-order valence-corrected chi connectivity index (χ0v) is 15.4. The highest BCUT2D eigenvalue weighted by Gasteiger charge is 2.29. The van der Waals surface area contributed by atoms with Gasteiger partial charge in [0.25, 0.3) is 0 Å². The summed E-state index contributed by atoms with van der Waals surface area (Å²) < 4.78 is 7.55. The first-order valence-electron chi connectivity index (χ1n) is 8.34. The first kappa shape index (κ1) is 19.4. The molecule has 6 nitrogen and oxygen atoms in total. The minimum absolute atomic E-state index is 0. The van der Waals surface area contributed by atoms with Gasteiger partial charge in [0.2, 0.25) is 5.91 Å². The van der Waals surface area contributed by atoms with E-state index in [1.165, 1.54) is 0 Å². The maximum atomic E-state index is 12.3. The molecule has 1 amide bonds. The van der Waals surface area contributed by atoms with E-state index in [9.17, 15) is 4.79 Å². The molecule has 1 fully saturated rings. The van der Waals surface area contributed by atoms with E-state index in [-0.39, 0.29) is 30.5 Å². The number of carbonyl (C=O) groups is 1. The van der Waals surface area contributed by atoms with Crippen LogP contribution in [0.1, 0.15) is 29.8 Å². The van der Waals surface area contributed by atoms with Gasteiger partial charge in [0.1, 0.15) is 6.10 Å². The molecule has 0 aliphatic carbocycles. The number of halogens is 1. The first-order valence-corrected chi connectivity index (χ1v) is 8.34. The Morgan fingerprint density at radius 2 is 2.04 bits per heavy atom. The predicted octanol–water partition coefficient (Wildman–Crippen LogP) is 2.03. The number of amides is 1. The Morgan fingerprint density at radius 3 is 2.68 bits per heavy atom. The predicted molar refractivity (Wildman–Crippen MR) is 99.1 cm³/mol. The topological polar surface area (TPSA) is 82.2 Å². The fourth-order valence-corrected chi connectivity index (χ4v) is 3.11. The Balaban J connectivity index is 0.00000225. The van der Waals surface area contributed by atoms with Crippen molar-refractivity contribution in [1.82, 2.24) is 15.1 Å². The highest BCUT2D eigenvalue weighted by Crippen LogP contribution is 2.20. The van der Waals surface area contributed by atoms with E-state index in [4.69, 9.17) is 10.5 Å². The fraction of sp³-hybridized carbons (Fsp3) is 0.444. The van der Waals surface area contributed by atoms with Crippen LogP contribution >= 0.6 is 12.4 Å². The molecule has 2 aromatic rings. The van der Waals surface area contributed by atoms with Crippen molar-refractivity contribution in [3.63, 3.8) is 0 Å². The third kappa shape index (κ3) is 4.21. The van der Waals surface area contributed by atoms with Gasteiger partial charge in [0, 0.05) is 24.3 Å². The molecule has 1 aliphatic rings. The lowest BCUT2D eigenvalue weighted by Gasteiger charge is -2.13. The summed E-state index contributed by atoms with van der Waals surface area (Å²) in [6.07, 6.45) is 1.20. The number of aromatic nitrogens is 2. The van der Waals surface area contributed by atoms with E-state index >= 15 is 0 Å². The number of benzene rings is 1. The highest BCUT2D eigenvalue weighted by molar-refractivity contribution is 5.85. The second-order valence-corrected chi connectivity index (χ2v) is 6.17. The second-order valence-electron chi connectivity index (χ2n) is 6.17. The van der Waals surface area contributed by atoms with E-state index in [2.05, 4.69) is 10.4 Å². The Kier molecular flexibility index (Phi) is 6.58. The van der Waals surface area contributed by atoms with Gasteiger partial charge in [-0.25, -0.2) is 4.68 Å². The number of hydrogen-bond donors (Lipinski definition) is 2. The normalized spacial score (nSPS) is 19.5. The molecule has 25 heavy (non-hydrogen) atoms. The minimum Gasteiger partial charge on any atom is -0.364 e. The smallest absolute Gasteiger partial charge is 0.249 e. The lowest BCUT2D eigenvalue weighted by Crippen LogP contribution is -2.35. The zero-order valence-electron chi connectivity index (χ0n) is 14.6. The SMILES string of the molecule is Cc1nn(-c2ccccc2)c(C)c1CNC(=O)[C@@H]1CC[C@H](CN)O1.Cl. The number of ether oxygens (including phenoxy) is 1. The van der Waals surface area contributed by atoms with Crippen LogP contribution in [0.2, 0.25) is 0 Å². The van der Waals surface area contributed by atoms with Crippen LogP contribution in [0.5, 0.6) is 0 Å². The van der Waals surface area contributed by atoms with Crippen LogP contribution in [-0.2, 0) is 16.1 Å². The molecule has 1 aromatic carbocycles. The number of aryl methyl sites for hydroxylation is 1. The molecule has 3 rings (SSSR count). The van der Waals surface area contributed by atoms with Gasteiger partial charge in [0.15, 0.2) is 0 Å². The largest absolute Gasteiger partial charge is 0.364 e.